The highest BCUT2D eigenvalue weighted by Gasteiger charge is 2.20. The molecular formula is C8H17NO2. The maximum absolute atomic E-state index is 5.27. The predicted molar refractivity (Wildman–Crippen MR) is 43.7 cm³/mol. The van der Waals surface area contributed by atoms with Gasteiger partial charge >= 0.3 is 0 Å². The molecule has 0 aromatic heterocycles. The molecule has 0 saturated carbocycles. The number of methoxy groups -OCH3 is 2. The number of ether oxygens (including phenoxy) is 2. The van der Waals surface area contributed by atoms with Gasteiger partial charge in [0.25, 0.3) is 0 Å². The second-order valence-corrected chi connectivity index (χ2v) is 2.99. The smallest absolute Gasteiger partial charge is 0.0616 e. The van der Waals surface area contributed by atoms with Gasteiger partial charge in [-0.1, -0.05) is 0 Å². The van der Waals surface area contributed by atoms with Gasteiger partial charge in [-0.25, -0.2) is 0 Å². The summed E-state index contributed by atoms with van der Waals surface area (Å²) in [5.41, 5.74) is 0. The molecule has 0 spiro atoms. The van der Waals surface area contributed by atoms with Crippen LogP contribution < -0.4 is 5.32 Å². The lowest BCUT2D eigenvalue weighted by Gasteiger charge is -2.28. The molecule has 0 aromatic carbocycles. The Balaban J connectivity index is 2.21. The summed E-state index contributed by atoms with van der Waals surface area (Å²) >= 11 is 0. The molecule has 3 nitrogen and oxygen atoms in total. The molecule has 1 aliphatic rings. The van der Waals surface area contributed by atoms with Crippen LogP contribution in [-0.2, 0) is 9.47 Å². The standard InChI is InChI=1S/C8H17NO2/c1-10-6-7-5-8(11-2)3-4-9-7/h7-9H,3-6H2,1-2H3. The Morgan fingerprint density at radius 1 is 1.45 bits per heavy atom. The van der Waals surface area contributed by atoms with E-state index in [1.165, 1.54) is 0 Å². The van der Waals surface area contributed by atoms with Crippen molar-refractivity contribution >= 4 is 0 Å². The molecule has 66 valence electrons. The molecule has 11 heavy (non-hydrogen) atoms. The molecule has 1 aliphatic heterocycles. The lowest BCUT2D eigenvalue weighted by molar-refractivity contribution is 0.0441. The summed E-state index contributed by atoms with van der Waals surface area (Å²) in [5, 5.41) is 3.38. The zero-order valence-electron chi connectivity index (χ0n) is 7.30. The van der Waals surface area contributed by atoms with Crippen LogP contribution in [-0.4, -0.2) is 39.5 Å². The monoisotopic (exact) mass is 159 g/mol. The fraction of sp³-hybridized carbons (Fsp3) is 1.00. The van der Waals surface area contributed by atoms with Crippen molar-refractivity contribution < 1.29 is 9.47 Å². The Labute approximate surface area is 68.1 Å². The molecule has 0 amide bonds. The first-order chi connectivity index (χ1) is 5.36. The van der Waals surface area contributed by atoms with Gasteiger partial charge in [0.05, 0.1) is 12.7 Å². The third kappa shape index (κ3) is 2.77. The van der Waals surface area contributed by atoms with E-state index >= 15 is 0 Å². The first-order valence-corrected chi connectivity index (χ1v) is 4.12. The number of nitrogens with one attached hydrogen (secondary N) is 1. The average molecular weight is 159 g/mol. The summed E-state index contributed by atoms with van der Waals surface area (Å²) in [6.45, 7) is 1.84. The van der Waals surface area contributed by atoms with Crippen LogP contribution in [0.5, 0.6) is 0 Å². The third-order valence-corrected chi connectivity index (χ3v) is 2.15. The molecule has 0 radical (unpaired) electrons. The van der Waals surface area contributed by atoms with Gasteiger partial charge < -0.3 is 14.8 Å². The summed E-state index contributed by atoms with van der Waals surface area (Å²) in [7, 11) is 3.51. The normalized spacial score (nSPS) is 32.2. The Morgan fingerprint density at radius 3 is 2.91 bits per heavy atom. The maximum atomic E-state index is 5.27. The second-order valence-electron chi connectivity index (χ2n) is 2.99. The fourth-order valence-corrected chi connectivity index (χ4v) is 1.51. The average Bonchev–Trinajstić information content (AvgIpc) is 2.06. The van der Waals surface area contributed by atoms with Crippen molar-refractivity contribution in [3.05, 3.63) is 0 Å². The molecule has 0 aromatic rings. The summed E-state index contributed by atoms with van der Waals surface area (Å²) in [6.07, 6.45) is 2.62. The third-order valence-electron chi connectivity index (χ3n) is 2.15. The van der Waals surface area contributed by atoms with Gasteiger partial charge in [-0.2, -0.15) is 0 Å². The van der Waals surface area contributed by atoms with E-state index in [9.17, 15) is 0 Å². The molecule has 2 atom stereocenters. The number of piperidine rings is 1. The number of rotatable bonds is 3. The van der Waals surface area contributed by atoms with Gasteiger partial charge in [0.15, 0.2) is 0 Å². The van der Waals surface area contributed by atoms with E-state index in [1.807, 2.05) is 0 Å². The van der Waals surface area contributed by atoms with Crippen LogP contribution in [0.4, 0.5) is 0 Å². The molecular weight excluding hydrogens is 142 g/mol. The van der Waals surface area contributed by atoms with Crippen LogP contribution in [0, 0.1) is 0 Å². The molecule has 0 aliphatic carbocycles. The molecule has 2 unspecified atom stereocenters. The van der Waals surface area contributed by atoms with E-state index in [2.05, 4.69) is 5.32 Å². The van der Waals surface area contributed by atoms with E-state index < -0.39 is 0 Å². The van der Waals surface area contributed by atoms with E-state index in [1.54, 1.807) is 14.2 Å². The predicted octanol–water partition coefficient (Wildman–Crippen LogP) is 0.400. The largest absolute Gasteiger partial charge is 0.383 e. The Hall–Kier alpha value is -0.120. The van der Waals surface area contributed by atoms with E-state index in [4.69, 9.17) is 9.47 Å². The quantitative estimate of drug-likeness (QED) is 0.646. The van der Waals surface area contributed by atoms with E-state index in [-0.39, 0.29) is 0 Å². The van der Waals surface area contributed by atoms with Crippen LogP contribution in [0.2, 0.25) is 0 Å². The molecule has 1 fully saturated rings. The van der Waals surface area contributed by atoms with Gasteiger partial charge in [0.1, 0.15) is 0 Å². The highest BCUT2D eigenvalue weighted by atomic mass is 16.5. The summed E-state index contributed by atoms with van der Waals surface area (Å²) < 4.78 is 10.3. The van der Waals surface area contributed by atoms with Crippen molar-refractivity contribution in [3.8, 4) is 0 Å². The minimum Gasteiger partial charge on any atom is -0.383 e. The molecule has 1 heterocycles. The minimum atomic E-state index is 0.427. The van der Waals surface area contributed by atoms with Gasteiger partial charge in [-0.3, -0.25) is 0 Å². The van der Waals surface area contributed by atoms with Crippen molar-refractivity contribution in [1.82, 2.24) is 5.32 Å². The van der Waals surface area contributed by atoms with Crippen molar-refractivity contribution in [2.45, 2.75) is 25.0 Å². The highest BCUT2D eigenvalue weighted by Crippen LogP contribution is 2.11. The zero-order valence-corrected chi connectivity index (χ0v) is 7.30. The van der Waals surface area contributed by atoms with Gasteiger partial charge in [-0.05, 0) is 19.4 Å². The molecule has 0 bridgehead atoms. The van der Waals surface area contributed by atoms with E-state index in [0.717, 1.165) is 26.0 Å². The van der Waals surface area contributed by atoms with E-state index in [0.29, 0.717) is 12.1 Å². The first kappa shape index (κ1) is 8.97. The summed E-state index contributed by atoms with van der Waals surface area (Å²) in [4.78, 5) is 0. The zero-order chi connectivity index (χ0) is 8.10. The van der Waals surface area contributed by atoms with Crippen LogP contribution in [0.15, 0.2) is 0 Å². The van der Waals surface area contributed by atoms with Crippen molar-refractivity contribution in [1.29, 1.82) is 0 Å². The molecule has 1 N–H and O–H groups in total. The van der Waals surface area contributed by atoms with Crippen molar-refractivity contribution in [2.24, 2.45) is 0 Å². The fourth-order valence-electron chi connectivity index (χ4n) is 1.51. The van der Waals surface area contributed by atoms with Gasteiger partial charge in [0, 0.05) is 20.3 Å². The summed E-state index contributed by atoms with van der Waals surface area (Å²) in [5.74, 6) is 0. The Kier molecular flexibility index (Phi) is 3.83. The SMILES string of the molecule is COCC1CC(OC)CCN1. The van der Waals surface area contributed by atoms with Crippen LogP contribution in [0.1, 0.15) is 12.8 Å². The summed E-state index contributed by atoms with van der Waals surface area (Å²) in [6, 6.07) is 0.485. The van der Waals surface area contributed by atoms with Crippen LogP contribution in [0.3, 0.4) is 0 Å². The lowest BCUT2D eigenvalue weighted by atomic mass is 10.0. The Bertz CT molecular complexity index is 106. The molecule has 1 saturated heterocycles. The van der Waals surface area contributed by atoms with Gasteiger partial charge in [-0.15, -0.1) is 0 Å². The number of hydrogen-bond donors (Lipinski definition) is 1. The van der Waals surface area contributed by atoms with Crippen molar-refractivity contribution in [3.63, 3.8) is 0 Å². The highest BCUT2D eigenvalue weighted by molar-refractivity contribution is 4.78. The molecule has 1 rings (SSSR count). The van der Waals surface area contributed by atoms with Crippen LogP contribution >= 0.6 is 0 Å². The second kappa shape index (κ2) is 4.70. The topological polar surface area (TPSA) is 30.5 Å². The molecule has 3 heteroatoms. The lowest BCUT2D eigenvalue weighted by Crippen LogP contribution is -2.43. The number of hydrogen-bond acceptors (Lipinski definition) is 3. The van der Waals surface area contributed by atoms with Crippen LogP contribution in [0.25, 0.3) is 0 Å². The van der Waals surface area contributed by atoms with Gasteiger partial charge in [0.2, 0.25) is 0 Å². The van der Waals surface area contributed by atoms with Crippen molar-refractivity contribution in [2.75, 3.05) is 27.4 Å². The minimum absolute atomic E-state index is 0.427. The Morgan fingerprint density at radius 2 is 2.27 bits per heavy atom. The maximum Gasteiger partial charge on any atom is 0.0616 e. The first-order valence-electron chi connectivity index (χ1n) is 4.12.